The lowest BCUT2D eigenvalue weighted by Gasteiger charge is -2.36. The van der Waals surface area contributed by atoms with Gasteiger partial charge in [-0.15, -0.1) is 23.5 Å². The van der Waals surface area contributed by atoms with Crippen LogP contribution in [0, 0.1) is 0 Å². The summed E-state index contributed by atoms with van der Waals surface area (Å²) in [6.07, 6.45) is 4.19. The number of alkyl halides is 2. The fraction of sp³-hybridized carbons (Fsp3) is 0.750. The first-order chi connectivity index (χ1) is 6.67. The molecule has 6 heteroatoms. The maximum absolute atomic E-state index is 5.25. The Hall–Kier alpha value is 1.32. The van der Waals surface area contributed by atoms with E-state index in [1.807, 2.05) is 23.5 Å². The van der Waals surface area contributed by atoms with E-state index in [1.165, 1.54) is 11.5 Å². The molecule has 0 aromatic heterocycles. The molecule has 0 amide bonds. The fourth-order valence-corrected chi connectivity index (χ4v) is 7.42. The summed E-state index contributed by atoms with van der Waals surface area (Å²) in [7, 11) is 0. The van der Waals surface area contributed by atoms with Crippen molar-refractivity contribution in [3.63, 3.8) is 0 Å². The maximum atomic E-state index is 5.25. The lowest BCUT2D eigenvalue weighted by atomic mass is 10.1. The molecule has 3 atom stereocenters. The molecule has 2 fully saturated rings. The minimum Gasteiger partial charge on any atom is -0.227 e. The summed E-state index contributed by atoms with van der Waals surface area (Å²) >= 11 is 11.5. The van der Waals surface area contributed by atoms with Gasteiger partial charge < -0.3 is 0 Å². The van der Waals surface area contributed by atoms with Crippen LogP contribution in [0.15, 0.2) is 12.2 Å². The lowest BCUT2D eigenvalue weighted by molar-refractivity contribution is -0.286. The highest BCUT2D eigenvalue weighted by Gasteiger charge is 2.66. The molecule has 78 valence electrons. The molecule has 1 aliphatic carbocycles. The predicted octanol–water partition coefficient (Wildman–Crippen LogP) is 2.92. The summed E-state index contributed by atoms with van der Waals surface area (Å²) in [5, 5.41) is 0. The van der Waals surface area contributed by atoms with Crippen LogP contribution in [-0.2, 0) is 9.78 Å². The molecule has 3 rings (SSSR count). The van der Waals surface area contributed by atoms with Crippen molar-refractivity contribution in [2.24, 2.45) is 0 Å². The molecule has 2 bridgehead atoms. The van der Waals surface area contributed by atoms with Gasteiger partial charge in [0.05, 0.1) is 0 Å². The van der Waals surface area contributed by atoms with Gasteiger partial charge >= 0.3 is 0 Å². The first kappa shape index (κ1) is 10.5. The van der Waals surface area contributed by atoms with Gasteiger partial charge in [0.1, 0.15) is 19.5 Å². The zero-order valence-electron chi connectivity index (χ0n) is 7.11. The number of halogens is 2. The quantitative estimate of drug-likeness (QED) is 0.407. The van der Waals surface area contributed by atoms with Crippen molar-refractivity contribution in [1.82, 2.24) is 0 Å². The van der Waals surface area contributed by atoms with Crippen molar-refractivity contribution in [3.05, 3.63) is 12.2 Å². The van der Waals surface area contributed by atoms with Gasteiger partial charge in [0.2, 0.25) is 0 Å². The van der Waals surface area contributed by atoms with Gasteiger partial charge in [-0.3, -0.25) is 0 Å². The molecule has 14 heavy (non-hydrogen) atoms. The Balaban J connectivity index is 1.97. The molecule has 0 spiro atoms. The van der Waals surface area contributed by atoms with Crippen LogP contribution in [0.3, 0.4) is 0 Å². The Kier molecular flexibility index (Phi) is 2.55. The molecule has 0 aromatic rings. The van der Waals surface area contributed by atoms with Gasteiger partial charge in [-0.1, -0.05) is 44.0 Å². The second-order valence-electron chi connectivity index (χ2n) is 3.42. The van der Waals surface area contributed by atoms with Crippen LogP contribution in [0.1, 0.15) is 0 Å². The molecule has 2 nitrogen and oxygen atoms in total. The second kappa shape index (κ2) is 3.40. The standard InChI is InChI=1S/C8H8Br2O2S2/c9-7(8(10)13-3-4-14-8)5-1-2-6(7)12-11-5/h1-2,5-6H,3-4H2/t5-,6+,7?. The molecule has 0 N–H and O–H groups in total. The fourth-order valence-electron chi connectivity index (χ4n) is 1.92. The van der Waals surface area contributed by atoms with Crippen molar-refractivity contribution in [3.8, 4) is 0 Å². The van der Waals surface area contributed by atoms with E-state index in [0.717, 1.165) is 0 Å². The molecule has 0 saturated carbocycles. The minimum atomic E-state index is -0.161. The summed E-state index contributed by atoms with van der Waals surface area (Å²) in [6, 6.07) is 0. The number of rotatable bonds is 1. The van der Waals surface area contributed by atoms with Gasteiger partial charge in [-0.25, -0.2) is 9.78 Å². The Morgan fingerprint density at radius 3 is 2.00 bits per heavy atom. The second-order valence-corrected chi connectivity index (χ2v) is 9.85. The highest BCUT2D eigenvalue weighted by Crippen LogP contribution is 2.65. The van der Waals surface area contributed by atoms with E-state index in [1.54, 1.807) is 0 Å². The van der Waals surface area contributed by atoms with Crippen LogP contribution >= 0.6 is 55.4 Å². The van der Waals surface area contributed by atoms with E-state index in [-0.39, 0.29) is 19.5 Å². The third kappa shape index (κ3) is 1.18. The van der Waals surface area contributed by atoms with Gasteiger partial charge in [-0.2, -0.15) is 0 Å². The first-order valence-electron chi connectivity index (χ1n) is 4.33. The molecule has 1 unspecified atom stereocenters. The van der Waals surface area contributed by atoms with Gasteiger partial charge in [-0.05, 0) is 0 Å². The molecule has 2 saturated heterocycles. The molecule has 2 aliphatic heterocycles. The van der Waals surface area contributed by atoms with Gasteiger partial charge in [0.15, 0.2) is 0 Å². The lowest BCUT2D eigenvalue weighted by Crippen LogP contribution is -2.48. The number of hydrogen-bond acceptors (Lipinski definition) is 4. The van der Waals surface area contributed by atoms with Gasteiger partial charge in [0.25, 0.3) is 0 Å². The SMILES string of the molecule is BrC1(C2(Br)[C@@H]3C=C[C@H]2OO3)SCCS1. The molecule has 3 aliphatic rings. The average Bonchev–Trinajstić information content (AvgIpc) is 2.84. The molecular formula is C8H8Br2O2S2. The third-order valence-corrected chi connectivity index (χ3v) is 10.5. The molecule has 2 heterocycles. The normalized spacial score (nSPS) is 49.0. The Bertz CT molecular complexity index is 277. The maximum Gasteiger partial charge on any atom is 0.137 e. The monoisotopic (exact) mass is 358 g/mol. The first-order valence-corrected chi connectivity index (χ1v) is 7.89. The van der Waals surface area contributed by atoms with Crippen LogP contribution < -0.4 is 0 Å². The zero-order valence-corrected chi connectivity index (χ0v) is 11.9. The van der Waals surface area contributed by atoms with Crippen LogP contribution in [0.5, 0.6) is 0 Å². The third-order valence-electron chi connectivity index (χ3n) is 2.67. The van der Waals surface area contributed by atoms with Crippen molar-refractivity contribution in [2.45, 2.75) is 19.5 Å². The van der Waals surface area contributed by atoms with Crippen LogP contribution in [-0.4, -0.2) is 31.0 Å². The Morgan fingerprint density at radius 1 is 1.07 bits per heavy atom. The average molecular weight is 360 g/mol. The topological polar surface area (TPSA) is 18.5 Å². The van der Waals surface area contributed by atoms with Crippen molar-refractivity contribution in [1.29, 1.82) is 0 Å². The van der Waals surface area contributed by atoms with Crippen LogP contribution in [0.4, 0.5) is 0 Å². The Labute approximate surface area is 108 Å². The molecular weight excluding hydrogens is 352 g/mol. The summed E-state index contributed by atoms with van der Waals surface area (Å²) < 4.78 is -0.193. The molecule has 0 radical (unpaired) electrons. The number of hydrogen-bond donors (Lipinski definition) is 0. The predicted molar refractivity (Wildman–Crippen MR) is 67.1 cm³/mol. The highest BCUT2D eigenvalue weighted by atomic mass is 79.9. The zero-order chi connectivity index (χ0) is 9.81. The number of fused-ring (bicyclic) bond motifs is 2. The van der Waals surface area contributed by atoms with E-state index in [4.69, 9.17) is 9.78 Å². The van der Waals surface area contributed by atoms with E-state index >= 15 is 0 Å². The largest absolute Gasteiger partial charge is 0.227 e. The van der Waals surface area contributed by atoms with Gasteiger partial charge in [0, 0.05) is 11.5 Å². The summed E-state index contributed by atoms with van der Waals surface area (Å²) in [5.74, 6) is 2.34. The minimum absolute atomic E-state index is 0.0185. The van der Waals surface area contributed by atoms with Crippen LogP contribution in [0.25, 0.3) is 0 Å². The summed E-state index contributed by atoms with van der Waals surface area (Å²) in [4.78, 5) is 10.5. The smallest absolute Gasteiger partial charge is 0.137 e. The van der Waals surface area contributed by atoms with Crippen molar-refractivity contribution in [2.75, 3.05) is 11.5 Å². The summed E-state index contributed by atoms with van der Waals surface area (Å²) in [5.41, 5.74) is 0. The van der Waals surface area contributed by atoms with E-state index in [0.29, 0.717) is 0 Å². The van der Waals surface area contributed by atoms with Crippen LogP contribution in [0.2, 0.25) is 0 Å². The van der Waals surface area contributed by atoms with Crippen molar-refractivity contribution >= 4 is 55.4 Å². The molecule has 0 aromatic carbocycles. The Morgan fingerprint density at radius 2 is 1.57 bits per heavy atom. The van der Waals surface area contributed by atoms with E-state index < -0.39 is 0 Å². The highest BCUT2D eigenvalue weighted by molar-refractivity contribution is 9.16. The number of thioether (sulfide) groups is 2. The van der Waals surface area contributed by atoms with E-state index in [2.05, 4.69) is 44.0 Å². The van der Waals surface area contributed by atoms with E-state index in [9.17, 15) is 0 Å². The van der Waals surface area contributed by atoms with Crippen molar-refractivity contribution < 1.29 is 9.78 Å². The summed E-state index contributed by atoms with van der Waals surface area (Å²) in [6.45, 7) is 0.